The normalized spacial score (nSPS) is 17.9. The number of carbonyl (C=O) groups is 2. The third-order valence-electron chi connectivity index (χ3n) is 4.37. The van der Waals surface area contributed by atoms with E-state index in [1.54, 1.807) is 0 Å². The molecule has 25 heavy (non-hydrogen) atoms. The molecule has 2 rings (SSSR count). The summed E-state index contributed by atoms with van der Waals surface area (Å²) in [5.41, 5.74) is 1.18. The molecule has 1 heterocycles. The fraction of sp³-hybridized carbons (Fsp3) is 0.556. The molecule has 1 fully saturated rings. The molecule has 2 amide bonds. The van der Waals surface area contributed by atoms with Crippen LogP contribution in [0.2, 0.25) is 5.02 Å². The molecule has 138 valence electrons. The number of piperidine rings is 1. The maximum absolute atomic E-state index is 11.8. The summed E-state index contributed by atoms with van der Waals surface area (Å²) >= 11 is 6.06. The molecule has 1 atom stereocenters. The third-order valence-corrected chi connectivity index (χ3v) is 4.61. The summed E-state index contributed by atoms with van der Waals surface area (Å²) in [5, 5.41) is 14.9. The van der Waals surface area contributed by atoms with Crippen LogP contribution in [0.1, 0.15) is 37.7 Å². The van der Waals surface area contributed by atoms with Crippen molar-refractivity contribution in [2.75, 3.05) is 19.6 Å². The predicted molar refractivity (Wildman–Crippen MR) is 97.8 cm³/mol. The van der Waals surface area contributed by atoms with E-state index in [1.165, 1.54) is 18.4 Å². The summed E-state index contributed by atoms with van der Waals surface area (Å²) in [7, 11) is 0. The lowest BCUT2D eigenvalue weighted by atomic mass is 10.0. The van der Waals surface area contributed by atoms with Gasteiger partial charge in [-0.15, -0.1) is 0 Å². The van der Waals surface area contributed by atoms with Gasteiger partial charge in [-0.3, -0.25) is 9.69 Å². The lowest BCUT2D eigenvalue weighted by Crippen LogP contribution is -2.48. The number of carboxylic acids is 1. The van der Waals surface area contributed by atoms with Crippen LogP contribution in [0.15, 0.2) is 24.3 Å². The summed E-state index contributed by atoms with van der Waals surface area (Å²) in [6.07, 6.45) is 3.89. The predicted octanol–water partition coefficient (Wildman–Crippen LogP) is 2.86. The number of likely N-dealkylation sites (tertiary alicyclic amines) is 1. The number of urea groups is 1. The second kappa shape index (κ2) is 10.3. The van der Waals surface area contributed by atoms with Crippen molar-refractivity contribution in [3.8, 4) is 0 Å². The first-order chi connectivity index (χ1) is 12.0. The van der Waals surface area contributed by atoms with Gasteiger partial charge in [0.05, 0.1) is 0 Å². The average Bonchev–Trinajstić information content (AvgIpc) is 2.58. The molecule has 0 bridgehead atoms. The third kappa shape index (κ3) is 7.32. The van der Waals surface area contributed by atoms with Crippen LogP contribution < -0.4 is 10.6 Å². The number of aliphatic carboxylic acids is 1. The molecule has 0 aromatic heterocycles. The van der Waals surface area contributed by atoms with Gasteiger partial charge in [0, 0.05) is 37.1 Å². The van der Waals surface area contributed by atoms with Crippen LogP contribution in [0.25, 0.3) is 0 Å². The van der Waals surface area contributed by atoms with E-state index in [9.17, 15) is 9.59 Å². The van der Waals surface area contributed by atoms with Crippen LogP contribution in [-0.4, -0.2) is 47.7 Å². The molecule has 1 aromatic rings. The van der Waals surface area contributed by atoms with E-state index in [2.05, 4.69) is 21.6 Å². The Labute approximate surface area is 153 Å². The lowest BCUT2D eigenvalue weighted by molar-refractivity contribution is -0.137. The van der Waals surface area contributed by atoms with Crippen LogP contribution in [0, 0.1) is 0 Å². The van der Waals surface area contributed by atoms with Crippen LogP contribution in [-0.2, 0) is 11.3 Å². The number of nitrogens with zero attached hydrogens (tertiary/aromatic N) is 1. The van der Waals surface area contributed by atoms with Crippen molar-refractivity contribution in [3.05, 3.63) is 34.9 Å². The first-order valence-electron chi connectivity index (χ1n) is 8.76. The molecule has 0 radical (unpaired) electrons. The van der Waals surface area contributed by atoms with E-state index >= 15 is 0 Å². The number of hydrogen-bond acceptors (Lipinski definition) is 3. The zero-order valence-electron chi connectivity index (χ0n) is 14.3. The Hall–Kier alpha value is -1.79. The number of benzene rings is 1. The molecular formula is C18H26ClN3O3. The zero-order chi connectivity index (χ0) is 18.1. The Bertz CT molecular complexity index is 582. The monoisotopic (exact) mass is 367 g/mol. The molecule has 7 heteroatoms. The number of carboxylic acid groups (broad SMARTS) is 1. The highest BCUT2D eigenvalue weighted by Gasteiger charge is 2.22. The summed E-state index contributed by atoms with van der Waals surface area (Å²) in [6.45, 7) is 2.80. The second-order valence-corrected chi connectivity index (χ2v) is 6.82. The van der Waals surface area contributed by atoms with Gasteiger partial charge in [-0.2, -0.15) is 0 Å². The van der Waals surface area contributed by atoms with Crippen molar-refractivity contribution in [2.45, 2.75) is 44.7 Å². The van der Waals surface area contributed by atoms with Crippen LogP contribution >= 0.6 is 11.6 Å². The van der Waals surface area contributed by atoms with E-state index in [1.807, 2.05) is 18.2 Å². The largest absolute Gasteiger partial charge is 0.481 e. The highest BCUT2D eigenvalue weighted by atomic mass is 35.5. The van der Waals surface area contributed by atoms with E-state index in [4.69, 9.17) is 16.7 Å². The Morgan fingerprint density at radius 2 is 2.12 bits per heavy atom. The maximum atomic E-state index is 11.8. The molecule has 6 nitrogen and oxygen atoms in total. The van der Waals surface area contributed by atoms with E-state index in [0.717, 1.165) is 24.5 Å². The van der Waals surface area contributed by atoms with Gasteiger partial charge in [0.25, 0.3) is 0 Å². The quantitative estimate of drug-likeness (QED) is 0.617. The van der Waals surface area contributed by atoms with Crippen LogP contribution in [0.3, 0.4) is 0 Å². The van der Waals surface area contributed by atoms with Crippen molar-refractivity contribution in [2.24, 2.45) is 0 Å². The molecule has 3 N–H and O–H groups in total. The topological polar surface area (TPSA) is 81.7 Å². The van der Waals surface area contributed by atoms with Crippen molar-refractivity contribution in [1.29, 1.82) is 0 Å². The molecule has 1 unspecified atom stereocenters. The standard InChI is InChI=1S/C18H26ClN3O3/c19-15-6-3-5-14(11-15)13-22-10-2-1-7-16(22)12-21-18(25)20-9-4-8-17(23)24/h3,5-6,11,16H,1-2,4,7-10,12-13H2,(H,23,24)(H2,20,21,25). The highest BCUT2D eigenvalue weighted by molar-refractivity contribution is 6.30. The second-order valence-electron chi connectivity index (χ2n) is 6.38. The number of halogens is 1. The van der Waals surface area contributed by atoms with Crippen molar-refractivity contribution in [1.82, 2.24) is 15.5 Å². The van der Waals surface area contributed by atoms with E-state index < -0.39 is 5.97 Å². The summed E-state index contributed by atoms with van der Waals surface area (Å²) < 4.78 is 0. The smallest absolute Gasteiger partial charge is 0.314 e. The van der Waals surface area contributed by atoms with Crippen LogP contribution in [0.4, 0.5) is 4.79 Å². The number of hydrogen-bond donors (Lipinski definition) is 3. The number of rotatable bonds is 8. The summed E-state index contributed by atoms with van der Waals surface area (Å²) in [5.74, 6) is -0.846. The van der Waals surface area contributed by atoms with Crippen molar-refractivity contribution < 1.29 is 14.7 Å². The molecule has 1 saturated heterocycles. The zero-order valence-corrected chi connectivity index (χ0v) is 15.1. The average molecular weight is 368 g/mol. The minimum Gasteiger partial charge on any atom is -0.481 e. The Kier molecular flexibility index (Phi) is 8.01. The number of nitrogens with one attached hydrogen (secondary N) is 2. The van der Waals surface area contributed by atoms with Gasteiger partial charge in [0.15, 0.2) is 0 Å². The highest BCUT2D eigenvalue weighted by Crippen LogP contribution is 2.20. The summed E-state index contributed by atoms with van der Waals surface area (Å²) in [6, 6.07) is 7.95. The molecule has 0 aliphatic carbocycles. The fourth-order valence-electron chi connectivity index (χ4n) is 3.08. The van der Waals surface area contributed by atoms with Gasteiger partial charge < -0.3 is 15.7 Å². The minimum atomic E-state index is -0.846. The minimum absolute atomic E-state index is 0.0658. The molecule has 0 saturated carbocycles. The number of amides is 2. The van der Waals surface area contributed by atoms with E-state index in [-0.39, 0.29) is 12.5 Å². The number of carbonyl (C=O) groups excluding carboxylic acids is 1. The van der Waals surface area contributed by atoms with Gasteiger partial charge in [-0.25, -0.2) is 4.79 Å². The van der Waals surface area contributed by atoms with Gasteiger partial charge in [-0.05, 0) is 43.5 Å². The Morgan fingerprint density at radius 1 is 1.28 bits per heavy atom. The van der Waals surface area contributed by atoms with Crippen molar-refractivity contribution >= 4 is 23.6 Å². The Morgan fingerprint density at radius 3 is 2.88 bits per heavy atom. The lowest BCUT2D eigenvalue weighted by Gasteiger charge is -2.36. The molecule has 1 aliphatic heterocycles. The van der Waals surface area contributed by atoms with Crippen molar-refractivity contribution in [3.63, 3.8) is 0 Å². The summed E-state index contributed by atoms with van der Waals surface area (Å²) in [4.78, 5) is 24.7. The van der Waals surface area contributed by atoms with Gasteiger partial charge in [0.2, 0.25) is 0 Å². The fourth-order valence-corrected chi connectivity index (χ4v) is 3.30. The molecule has 1 aliphatic rings. The Balaban J connectivity index is 1.76. The first kappa shape index (κ1) is 19.5. The molecular weight excluding hydrogens is 342 g/mol. The molecule has 0 spiro atoms. The van der Waals surface area contributed by atoms with Gasteiger partial charge in [-0.1, -0.05) is 30.2 Å². The van der Waals surface area contributed by atoms with Gasteiger partial charge >= 0.3 is 12.0 Å². The maximum Gasteiger partial charge on any atom is 0.314 e. The first-order valence-corrected chi connectivity index (χ1v) is 9.14. The molecule has 1 aromatic carbocycles. The van der Waals surface area contributed by atoms with Gasteiger partial charge in [0.1, 0.15) is 0 Å². The SMILES string of the molecule is O=C(O)CCCNC(=O)NCC1CCCCN1Cc1cccc(Cl)c1. The van der Waals surface area contributed by atoms with Crippen LogP contribution in [0.5, 0.6) is 0 Å². The van der Waals surface area contributed by atoms with E-state index in [0.29, 0.717) is 25.6 Å².